The Labute approximate surface area is 139 Å². The maximum absolute atomic E-state index is 13.0. The van der Waals surface area contributed by atoms with Crippen LogP contribution in [0.2, 0.25) is 0 Å². The number of aromatic nitrogens is 1. The minimum Gasteiger partial charge on any atom is -0.251 e. The van der Waals surface area contributed by atoms with Crippen LogP contribution in [0.15, 0.2) is 48.7 Å². The molecule has 0 spiro atoms. The van der Waals surface area contributed by atoms with E-state index >= 15 is 0 Å². The summed E-state index contributed by atoms with van der Waals surface area (Å²) >= 11 is 0. The van der Waals surface area contributed by atoms with Gasteiger partial charge in [-0.3, -0.25) is 4.98 Å². The van der Waals surface area contributed by atoms with E-state index in [0.29, 0.717) is 5.56 Å². The molecule has 4 nitrogen and oxygen atoms in total. The molecule has 0 saturated carbocycles. The molecule has 8 heteroatoms. The van der Waals surface area contributed by atoms with Crippen molar-refractivity contribution in [3.8, 4) is 0 Å². The van der Waals surface area contributed by atoms with E-state index < -0.39 is 33.7 Å². The first-order chi connectivity index (χ1) is 11.1. The van der Waals surface area contributed by atoms with E-state index in [1.165, 1.54) is 26.1 Å². The standard InChI is InChI=1S/C16H17F3N2O2S/c1-12(13-7-4-3-5-8-13)24(22,23)21(2)11-14-9-6-10-20-15(14)16(17,18)19/h3-10,12H,11H2,1-2H3. The summed E-state index contributed by atoms with van der Waals surface area (Å²) in [5, 5.41) is -0.866. The molecule has 24 heavy (non-hydrogen) atoms. The van der Waals surface area contributed by atoms with Crippen molar-refractivity contribution in [2.75, 3.05) is 7.05 Å². The molecule has 0 fully saturated rings. The van der Waals surface area contributed by atoms with Gasteiger partial charge in [0, 0.05) is 19.8 Å². The molecule has 0 saturated heterocycles. The molecular weight excluding hydrogens is 341 g/mol. The number of nitrogens with zero attached hydrogens (tertiary/aromatic N) is 2. The van der Waals surface area contributed by atoms with Crippen LogP contribution in [-0.2, 0) is 22.7 Å². The zero-order valence-corrected chi connectivity index (χ0v) is 14.0. The Balaban J connectivity index is 2.28. The zero-order chi connectivity index (χ0) is 18.0. The second kappa shape index (κ2) is 6.90. The van der Waals surface area contributed by atoms with Crippen LogP contribution in [0, 0.1) is 0 Å². The second-order valence-corrected chi connectivity index (χ2v) is 7.72. The Kier molecular flexibility index (Phi) is 5.29. The van der Waals surface area contributed by atoms with E-state index in [9.17, 15) is 21.6 Å². The molecule has 1 aromatic heterocycles. The van der Waals surface area contributed by atoms with Gasteiger partial charge in [0.15, 0.2) is 0 Å². The van der Waals surface area contributed by atoms with Crippen LogP contribution in [0.5, 0.6) is 0 Å². The first-order valence-electron chi connectivity index (χ1n) is 7.15. The van der Waals surface area contributed by atoms with Crippen LogP contribution in [0.4, 0.5) is 13.2 Å². The third-order valence-corrected chi connectivity index (χ3v) is 5.87. The molecule has 0 aliphatic carbocycles. The summed E-state index contributed by atoms with van der Waals surface area (Å²) in [7, 11) is -2.55. The Bertz CT molecular complexity index is 792. The third kappa shape index (κ3) is 3.93. The highest BCUT2D eigenvalue weighted by Gasteiger charge is 2.36. The smallest absolute Gasteiger partial charge is 0.251 e. The number of hydrogen-bond acceptors (Lipinski definition) is 3. The monoisotopic (exact) mass is 358 g/mol. The lowest BCUT2D eigenvalue weighted by atomic mass is 10.2. The summed E-state index contributed by atoms with van der Waals surface area (Å²) in [4.78, 5) is 3.34. The van der Waals surface area contributed by atoms with Crippen LogP contribution in [0.3, 0.4) is 0 Å². The van der Waals surface area contributed by atoms with E-state index in [4.69, 9.17) is 0 Å². The SMILES string of the molecule is CC(c1ccccc1)S(=O)(=O)N(C)Cc1cccnc1C(F)(F)F. The van der Waals surface area contributed by atoms with Gasteiger partial charge in [-0.1, -0.05) is 36.4 Å². The van der Waals surface area contributed by atoms with E-state index in [-0.39, 0.29) is 5.56 Å². The Morgan fingerprint density at radius 1 is 1.12 bits per heavy atom. The van der Waals surface area contributed by atoms with Crippen LogP contribution >= 0.6 is 0 Å². The van der Waals surface area contributed by atoms with Crippen LogP contribution in [-0.4, -0.2) is 24.8 Å². The topological polar surface area (TPSA) is 50.3 Å². The first-order valence-corrected chi connectivity index (χ1v) is 8.65. The van der Waals surface area contributed by atoms with E-state index in [2.05, 4.69) is 4.98 Å². The number of alkyl halides is 3. The zero-order valence-electron chi connectivity index (χ0n) is 13.2. The van der Waals surface area contributed by atoms with Gasteiger partial charge in [-0.2, -0.15) is 13.2 Å². The summed E-state index contributed by atoms with van der Waals surface area (Å²) in [5.41, 5.74) is -0.678. The number of hydrogen-bond donors (Lipinski definition) is 0. The van der Waals surface area contributed by atoms with Gasteiger partial charge < -0.3 is 0 Å². The molecule has 2 aromatic rings. The maximum atomic E-state index is 13.0. The molecule has 0 N–H and O–H groups in total. The highest BCUT2D eigenvalue weighted by molar-refractivity contribution is 7.89. The van der Waals surface area contributed by atoms with Gasteiger partial charge in [-0.25, -0.2) is 12.7 Å². The molecular formula is C16H17F3N2O2S. The predicted octanol–water partition coefficient (Wildman–Crippen LogP) is 3.62. The van der Waals surface area contributed by atoms with Crippen LogP contribution in [0.25, 0.3) is 0 Å². The van der Waals surface area contributed by atoms with Gasteiger partial charge in [0.1, 0.15) is 5.69 Å². The number of benzene rings is 1. The average Bonchev–Trinajstić information content (AvgIpc) is 2.54. The lowest BCUT2D eigenvalue weighted by molar-refractivity contribution is -0.142. The lowest BCUT2D eigenvalue weighted by Gasteiger charge is -2.23. The summed E-state index contributed by atoms with van der Waals surface area (Å²) in [5.74, 6) is 0. The van der Waals surface area contributed by atoms with Crippen LogP contribution < -0.4 is 0 Å². The van der Waals surface area contributed by atoms with Gasteiger partial charge in [0.05, 0.1) is 5.25 Å². The predicted molar refractivity (Wildman–Crippen MR) is 84.5 cm³/mol. The van der Waals surface area contributed by atoms with Crippen molar-refractivity contribution in [3.63, 3.8) is 0 Å². The minimum atomic E-state index is -4.63. The quantitative estimate of drug-likeness (QED) is 0.820. The molecule has 0 aliphatic heterocycles. The van der Waals surface area contributed by atoms with Gasteiger partial charge in [0.25, 0.3) is 0 Å². The number of halogens is 3. The van der Waals surface area contributed by atoms with Crippen molar-refractivity contribution in [2.45, 2.75) is 24.9 Å². The molecule has 1 atom stereocenters. The van der Waals surface area contributed by atoms with Crippen molar-refractivity contribution < 1.29 is 21.6 Å². The summed E-state index contributed by atoms with van der Waals surface area (Å²) in [6, 6.07) is 11.1. The van der Waals surface area contributed by atoms with Crippen molar-refractivity contribution in [3.05, 3.63) is 65.5 Å². The minimum absolute atomic E-state index is 0.184. The summed E-state index contributed by atoms with van der Waals surface area (Å²) in [6.07, 6.45) is -3.60. The molecule has 1 aromatic carbocycles. The third-order valence-electron chi connectivity index (χ3n) is 3.70. The number of sulfonamides is 1. The Morgan fingerprint density at radius 2 is 1.75 bits per heavy atom. The molecule has 1 heterocycles. The molecule has 0 amide bonds. The first kappa shape index (κ1) is 18.4. The fourth-order valence-corrected chi connectivity index (χ4v) is 3.68. The second-order valence-electron chi connectivity index (χ2n) is 5.36. The van der Waals surface area contributed by atoms with Crippen molar-refractivity contribution in [1.29, 1.82) is 0 Å². The molecule has 0 radical (unpaired) electrons. The highest BCUT2D eigenvalue weighted by atomic mass is 32.2. The molecule has 1 unspecified atom stereocenters. The average molecular weight is 358 g/mol. The van der Waals surface area contributed by atoms with Gasteiger partial charge in [-0.05, 0) is 24.1 Å². The largest absolute Gasteiger partial charge is 0.433 e. The van der Waals surface area contributed by atoms with E-state index in [1.54, 1.807) is 30.3 Å². The summed E-state index contributed by atoms with van der Waals surface area (Å²) in [6.45, 7) is 1.11. The maximum Gasteiger partial charge on any atom is 0.433 e. The fraction of sp³-hybridized carbons (Fsp3) is 0.312. The van der Waals surface area contributed by atoms with Gasteiger partial charge in [0.2, 0.25) is 10.0 Å². The van der Waals surface area contributed by atoms with Crippen LogP contribution in [0.1, 0.15) is 29.0 Å². The molecule has 2 rings (SSSR count). The molecule has 0 bridgehead atoms. The Morgan fingerprint density at radius 3 is 2.33 bits per heavy atom. The van der Waals surface area contributed by atoms with Gasteiger partial charge in [-0.15, -0.1) is 0 Å². The highest BCUT2D eigenvalue weighted by Crippen LogP contribution is 2.32. The summed E-state index contributed by atoms with van der Waals surface area (Å²) < 4.78 is 65.1. The molecule has 130 valence electrons. The van der Waals surface area contributed by atoms with Crippen molar-refractivity contribution in [2.24, 2.45) is 0 Å². The fourth-order valence-electron chi connectivity index (χ4n) is 2.32. The van der Waals surface area contributed by atoms with E-state index in [1.807, 2.05) is 0 Å². The van der Waals surface area contributed by atoms with Crippen molar-refractivity contribution >= 4 is 10.0 Å². The van der Waals surface area contributed by atoms with E-state index in [0.717, 1.165) is 10.5 Å². The van der Waals surface area contributed by atoms with Crippen molar-refractivity contribution in [1.82, 2.24) is 9.29 Å². The number of pyridine rings is 1. The lowest BCUT2D eigenvalue weighted by Crippen LogP contribution is -2.31. The normalized spacial score (nSPS) is 13.9. The van der Waals surface area contributed by atoms with Gasteiger partial charge >= 0.3 is 6.18 Å². The molecule has 0 aliphatic rings. The Hall–Kier alpha value is -1.93. The number of rotatable bonds is 5.